The van der Waals surface area contributed by atoms with Gasteiger partial charge >= 0.3 is 0 Å². The van der Waals surface area contributed by atoms with Gasteiger partial charge in [0.25, 0.3) is 11.8 Å². The van der Waals surface area contributed by atoms with E-state index in [4.69, 9.17) is 4.42 Å². The van der Waals surface area contributed by atoms with Crippen LogP contribution in [0.5, 0.6) is 0 Å². The molecule has 5 rings (SSSR count). The molecule has 2 aliphatic heterocycles. The number of piperazine rings is 1. The third kappa shape index (κ3) is 4.44. The lowest BCUT2D eigenvalue weighted by Crippen LogP contribution is -2.60. The number of amides is 3. The van der Waals surface area contributed by atoms with Gasteiger partial charge in [-0.1, -0.05) is 18.9 Å². The number of nitrogens with one attached hydrogen (secondary N) is 2. The molecule has 1 saturated carbocycles. The van der Waals surface area contributed by atoms with Crippen LogP contribution >= 0.6 is 0 Å². The van der Waals surface area contributed by atoms with E-state index in [0.29, 0.717) is 32.6 Å². The van der Waals surface area contributed by atoms with Crippen LogP contribution in [0.3, 0.4) is 0 Å². The number of hydrogen-bond acceptors (Lipinski definition) is 5. The van der Waals surface area contributed by atoms with E-state index in [0.717, 1.165) is 31.2 Å². The average molecular weight is 469 g/mol. The van der Waals surface area contributed by atoms with E-state index in [-0.39, 0.29) is 46.9 Å². The van der Waals surface area contributed by atoms with Crippen molar-refractivity contribution in [2.75, 3.05) is 26.2 Å². The van der Waals surface area contributed by atoms with Crippen LogP contribution in [0.15, 0.2) is 41.0 Å². The van der Waals surface area contributed by atoms with E-state index >= 15 is 0 Å². The van der Waals surface area contributed by atoms with Crippen LogP contribution in [0.1, 0.15) is 52.2 Å². The van der Waals surface area contributed by atoms with Crippen molar-refractivity contribution in [3.05, 3.63) is 59.3 Å². The first-order valence-corrected chi connectivity index (χ1v) is 12.0. The summed E-state index contributed by atoms with van der Waals surface area (Å²) in [6.45, 7) is 1.38. The molecule has 3 aliphatic rings. The minimum Gasteiger partial charge on any atom is -0.459 e. The molecule has 180 valence electrons. The summed E-state index contributed by atoms with van der Waals surface area (Å²) < 4.78 is 19.8. The standard InChI is InChI=1S/C25H29FN4O4/c26-20-8-7-16(15-21-17-4-1-2-5-18(17)23(31)28-27-21)14-19(20)24(32)29-9-11-30(12-10-29)25(33)22-6-3-13-34-22/h3,6-8,13-14,17-18,21,27H,1-2,4-5,9-12,15H2,(H,28,31). The largest absolute Gasteiger partial charge is 0.459 e. The number of nitrogens with zero attached hydrogens (tertiary/aromatic N) is 2. The molecule has 3 fully saturated rings. The first-order chi connectivity index (χ1) is 16.5. The molecule has 1 aromatic heterocycles. The molecule has 3 amide bonds. The number of halogens is 1. The van der Waals surface area contributed by atoms with Gasteiger partial charge in [0.1, 0.15) is 5.82 Å². The Labute approximate surface area is 197 Å². The minimum atomic E-state index is -0.553. The fraction of sp³-hybridized carbons (Fsp3) is 0.480. The number of furan rings is 1. The molecule has 8 nitrogen and oxygen atoms in total. The van der Waals surface area contributed by atoms with Gasteiger partial charge in [0, 0.05) is 38.1 Å². The Hall–Kier alpha value is -3.20. The summed E-state index contributed by atoms with van der Waals surface area (Å²) in [6.07, 6.45) is 6.12. The lowest BCUT2D eigenvalue weighted by molar-refractivity contribution is -0.133. The van der Waals surface area contributed by atoms with Gasteiger partial charge in [-0.2, -0.15) is 0 Å². The van der Waals surface area contributed by atoms with Crippen LogP contribution in [0.2, 0.25) is 0 Å². The molecule has 3 heterocycles. The molecule has 2 saturated heterocycles. The van der Waals surface area contributed by atoms with Crippen molar-refractivity contribution < 1.29 is 23.2 Å². The maximum absolute atomic E-state index is 14.7. The van der Waals surface area contributed by atoms with E-state index in [1.54, 1.807) is 34.1 Å². The van der Waals surface area contributed by atoms with Gasteiger partial charge in [-0.05, 0) is 55.0 Å². The topological polar surface area (TPSA) is 94.9 Å². The molecule has 9 heteroatoms. The monoisotopic (exact) mass is 468 g/mol. The average Bonchev–Trinajstić information content (AvgIpc) is 3.41. The first-order valence-electron chi connectivity index (χ1n) is 12.0. The highest BCUT2D eigenvalue weighted by Crippen LogP contribution is 2.35. The second kappa shape index (κ2) is 9.58. The fourth-order valence-corrected chi connectivity index (χ4v) is 5.49. The molecule has 1 aromatic carbocycles. The Morgan fingerprint density at radius 1 is 1.03 bits per heavy atom. The second-order valence-electron chi connectivity index (χ2n) is 9.37. The van der Waals surface area contributed by atoms with Gasteiger partial charge in [-0.15, -0.1) is 0 Å². The predicted molar refractivity (Wildman–Crippen MR) is 121 cm³/mol. The summed E-state index contributed by atoms with van der Waals surface area (Å²) in [5.74, 6) is -0.549. The third-order valence-corrected chi connectivity index (χ3v) is 7.36. The zero-order valence-corrected chi connectivity index (χ0v) is 19.0. The van der Waals surface area contributed by atoms with E-state index in [1.807, 2.05) is 0 Å². The maximum Gasteiger partial charge on any atom is 0.289 e. The third-order valence-electron chi connectivity index (χ3n) is 7.36. The molecular weight excluding hydrogens is 439 g/mol. The normalized spacial score (nSPS) is 25.0. The van der Waals surface area contributed by atoms with Crippen molar-refractivity contribution in [3.63, 3.8) is 0 Å². The Morgan fingerprint density at radius 3 is 2.50 bits per heavy atom. The number of rotatable bonds is 4. The zero-order chi connectivity index (χ0) is 23.7. The Kier molecular flexibility index (Phi) is 6.36. The van der Waals surface area contributed by atoms with Gasteiger partial charge in [-0.25, -0.2) is 9.82 Å². The van der Waals surface area contributed by atoms with Crippen molar-refractivity contribution in [3.8, 4) is 0 Å². The van der Waals surface area contributed by atoms with Crippen molar-refractivity contribution in [1.82, 2.24) is 20.7 Å². The summed E-state index contributed by atoms with van der Waals surface area (Å²) in [6, 6.07) is 8.01. The van der Waals surface area contributed by atoms with Crippen LogP contribution in [0.25, 0.3) is 0 Å². The fourth-order valence-electron chi connectivity index (χ4n) is 5.49. The first kappa shape index (κ1) is 22.6. The van der Waals surface area contributed by atoms with Crippen LogP contribution in [-0.2, 0) is 11.2 Å². The highest BCUT2D eigenvalue weighted by atomic mass is 19.1. The summed E-state index contributed by atoms with van der Waals surface area (Å²) in [4.78, 5) is 41.0. The van der Waals surface area contributed by atoms with Crippen molar-refractivity contribution >= 4 is 17.7 Å². The Bertz CT molecular complexity index is 1060. The number of benzene rings is 1. The SMILES string of the molecule is O=C1NNC(Cc2ccc(F)c(C(=O)N3CCN(C(=O)c4ccco4)CC3)c2)C2CCCCC12. The van der Waals surface area contributed by atoms with Crippen molar-refractivity contribution in [1.29, 1.82) is 0 Å². The number of carbonyl (C=O) groups is 3. The van der Waals surface area contributed by atoms with Gasteiger partial charge in [0.05, 0.1) is 11.8 Å². The van der Waals surface area contributed by atoms with Gasteiger partial charge in [-0.3, -0.25) is 19.8 Å². The van der Waals surface area contributed by atoms with Crippen LogP contribution in [-0.4, -0.2) is 59.7 Å². The van der Waals surface area contributed by atoms with Crippen molar-refractivity contribution in [2.24, 2.45) is 11.8 Å². The molecule has 0 bridgehead atoms. The van der Waals surface area contributed by atoms with E-state index in [2.05, 4.69) is 10.9 Å². The van der Waals surface area contributed by atoms with Crippen molar-refractivity contribution in [2.45, 2.75) is 38.1 Å². The molecule has 2 aromatic rings. The smallest absolute Gasteiger partial charge is 0.289 e. The molecule has 1 aliphatic carbocycles. The molecular formula is C25H29FN4O4. The number of fused-ring (bicyclic) bond motifs is 1. The number of carbonyl (C=O) groups excluding carboxylic acids is 3. The summed E-state index contributed by atoms with van der Waals surface area (Å²) in [5.41, 5.74) is 6.84. The quantitative estimate of drug-likeness (QED) is 0.719. The Balaban J connectivity index is 1.24. The van der Waals surface area contributed by atoms with Crippen LogP contribution in [0, 0.1) is 17.7 Å². The number of hydrazine groups is 1. The lowest BCUT2D eigenvalue weighted by Gasteiger charge is -2.41. The van der Waals surface area contributed by atoms with Gasteiger partial charge in [0.15, 0.2) is 5.76 Å². The van der Waals surface area contributed by atoms with Gasteiger partial charge < -0.3 is 14.2 Å². The van der Waals surface area contributed by atoms with E-state index < -0.39 is 5.82 Å². The molecule has 0 radical (unpaired) electrons. The number of hydrogen-bond donors (Lipinski definition) is 2. The van der Waals surface area contributed by atoms with E-state index in [1.165, 1.54) is 12.3 Å². The van der Waals surface area contributed by atoms with Crippen LogP contribution in [0.4, 0.5) is 4.39 Å². The minimum absolute atomic E-state index is 0.0155. The predicted octanol–water partition coefficient (Wildman–Crippen LogP) is 2.37. The molecule has 3 unspecified atom stereocenters. The lowest BCUT2D eigenvalue weighted by atomic mass is 9.72. The van der Waals surface area contributed by atoms with Gasteiger partial charge in [0.2, 0.25) is 5.91 Å². The van der Waals surface area contributed by atoms with Crippen LogP contribution < -0.4 is 10.9 Å². The molecule has 2 N–H and O–H groups in total. The zero-order valence-electron chi connectivity index (χ0n) is 19.0. The molecule has 0 spiro atoms. The van der Waals surface area contributed by atoms with E-state index in [9.17, 15) is 18.8 Å². The maximum atomic E-state index is 14.7. The highest BCUT2D eigenvalue weighted by Gasteiger charge is 2.40. The second-order valence-corrected chi connectivity index (χ2v) is 9.37. The molecule has 3 atom stereocenters. The summed E-state index contributed by atoms with van der Waals surface area (Å²) in [5, 5.41) is 0. The summed E-state index contributed by atoms with van der Waals surface area (Å²) >= 11 is 0. The highest BCUT2D eigenvalue weighted by molar-refractivity contribution is 5.95. The Morgan fingerprint density at radius 2 is 1.76 bits per heavy atom. The molecule has 34 heavy (non-hydrogen) atoms. The summed E-state index contributed by atoms with van der Waals surface area (Å²) in [7, 11) is 0.